The Labute approximate surface area is 138 Å². The summed E-state index contributed by atoms with van der Waals surface area (Å²) in [6.07, 6.45) is 5.82. The highest BCUT2D eigenvalue weighted by Gasteiger charge is 2.37. The molecular weight excluding hydrogens is 304 g/mol. The summed E-state index contributed by atoms with van der Waals surface area (Å²) in [4.78, 5) is 20.0. The van der Waals surface area contributed by atoms with Crippen molar-refractivity contribution in [2.75, 3.05) is 0 Å². The van der Waals surface area contributed by atoms with Gasteiger partial charge in [-0.25, -0.2) is 9.78 Å². The van der Waals surface area contributed by atoms with Gasteiger partial charge >= 0.3 is 0 Å². The maximum Gasteiger partial charge on any atom is 0.235 e. The smallest absolute Gasteiger partial charge is 0.235 e. The van der Waals surface area contributed by atoms with Crippen LogP contribution in [-0.4, -0.2) is 11.1 Å². The van der Waals surface area contributed by atoms with Gasteiger partial charge in [-0.05, 0) is 30.5 Å². The third-order valence-corrected chi connectivity index (χ3v) is 5.71. The standard InChI is InChI=1S/C19H16N2OS/c22-13-20-19(11-5-6-12-19)15-8-2-1-7-14(15)18-21-16-9-3-4-10-17(16)23-18/h1-4,7-10H,5-6,11-12H2. The zero-order valence-electron chi connectivity index (χ0n) is 12.7. The molecule has 0 bridgehead atoms. The number of isocyanates is 1. The van der Waals surface area contributed by atoms with Crippen LogP contribution in [0.5, 0.6) is 0 Å². The van der Waals surface area contributed by atoms with Gasteiger partial charge in [-0.3, -0.25) is 0 Å². The van der Waals surface area contributed by atoms with E-state index in [2.05, 4.69) is 23.2 Å². The highest BCUT2D eigenvalue weighted by molar-refractivity contribution is 7.21. The Morgan fingerprint density at radius 3 is 2.57 bits per heavy atom. The van der Waals surface area contributed by atoms with Crippen molar-refractivity contribution in [2.24, 2.45) is 4.99 Å². The van der Waals surface area contributed by atoms with Gasteiger partial charge < -0.3 is 0 Å². The second-order valence-corrected chi connectivity index (χ2v) is 7.00. The van der Waals surface area contributed by atoms with E-state index < -0.39 is 5.54 Å². The maximum atomic E-state index is 11.0. The number of aliphatic imine (C=N–C) groups is 1. The molecule has 0 spiro atoms. The van der Waals surface area contributed by atoms with Gasteiger partial charge in [0.2, 0.25) is 6.08 Å². The zero-order chi connectivity index (χ0) is 15.7. The minimum Gasteiger partial charge on any atom is -0.236 e. The number of aromatic nitrogens is 1. The van der Waals surface area contributed by atoms with Gasteiger partial charge in [0, 0.05) is 5.56 Å². The van der Waals surface area contributed by atoms with Crippen molar-refractivity contribution >= 4 is 27.6 Å². The first-order valence-corrected chi connectivity index (χ1v) is 8.69. The van der Waals surface area contributed by atoms with Crippen molar-refractivity contribution in [3.8, 4) is 10.6 Å². The molecule has 1 heterocycles. The van der Waals surface area contributed by atoms with Gasteiger partial charge in [0.25, 0.3) is 0 Å². The van der Waals surface area contributed by atoms with E-state index in [1.54, 1.807) is 11.3 Å². The van der Waals surface area contributed by atoms with E-state index in [0.29, 0.717) is 0 Å². The van der Waals surface area contributed by atoms with Gasteiger partial charge in [0.05, 0.1) is 15.8 Å². The zero-order valence-corrected chi connectivity index (χ0v) is 13.5. The average Bonchev–Trinajstić information content (AvgIpc) is 3.22. The number of hydrogen-bond donors (Lipinski definition) is 0. The van der Waals surface area contributed by atoms with E-state index in [1.807, 2.05) is 36.4 Å². The van der Waals surface area contributed by atoms with Crippen LogP contribution in [0, 0.1) is 0 Å². The molecule has 0 radical (unpaired) electrons. The summed E-state index contributed by atoms with van der Waals surface area (Å²) in [7, 11) is 0. The molecule has 1 aromatic heterocycles. The molecule has 1 saturated carbocycles. The lowest BCUT2D eigenvalue weighted by molar-refractivity contribution is 0.457. The molecule has 3 aromatic rings. The number of hydrogen-bond acceptors (Lipinski definition) is 4. The Balaban J connectivity index is 1.91. The molecule has 0 aliphatic heterocycles. The maximum absolute atomic E-state index is 11.0. The molecule has 2 aromatic carbocycles. The number of rotatable bonds is 3. The topological polar surface area (TPSA) is 42.3 Å². The fourth-order valence-corrected chi connectivity index (χ4v) is 4.56. The Morgan fingerprint density at radius 1 is 1.04 bits per heavy atom. The quantitative estimate of drug-likeness (QED) is 0.499. The Hall–Kier alpha value is -2.29. The number of benzene rings is 2. The average molecular weight is 320 g/mol. The number of nitrogens with zero attached hydrogens (tertiary/aromatic N) is 2. The molecule has 0 saturated heterocycles. The van der Waals surface area contributed by atoms with Crippen LogP contribution in [0.4, 0.5) is 0 Å². The summed E-state index contributed by atoms with van der Waals surface area (Å²) in [5.74, 6) is 0. The molecule has 0 amide bonds. The predicted molar refractivity (Wildman–Crippen MR) is 93.3 cm³/mol. The summed E-state index contributed by atoms with van der Waals surface area (Å²) >= 11 is 1.69. The second kappa shape index (κ2) is 5.73. The van der Waals surface area contributed by atoms with Crippen LogP contribution in [0.25, 0.3) is 20.8 Å². The van der Waals surface area contributed by atoms with Gasteiger partial charge in [0.1, 0.15) is 5.01 Å². The summed E-state index contributed by atoms with van der Waals surface area (Å²) < 4.78 is 1.18. The molecule has 1 fully saturated rings. The van der Waals surface area contributed by atoms with Crippen molar-refractivity contribution in [1.29, 1.82) is 0 Å². The molecular formula is C19H16N2OS. The van der Waals surface area contributed by atoms with E-state index >= 15 is 0 Å². The third-order valence-electron chi connectivity index (χ3n) is 4.64. The lowest BCUT2D eigenvalue weighted by atomic mass is 9.85. The molecule has 0 atom stereocenters. The molecule has 4 rings (SSSR count). The van der Waals surface area contributed by atoms with Crippen LogP contribution in [-0.2, 0) is 10.3 Å². The van der Waals surface area contributed by atoms with Crippen LogP contribution >= 0.6 is 11.3 Å². The molecule has 3 nitrogen and oxygen atoms in total. The van der Waals surface area contributed by atoms with E-state index in [-0.39, 0.29) is 0 Å². The van der Waals surface area contributed by atoms with Gasteiger partial charge in [0.15, 0.2) is 0 Å². The van der Waals surface area contributed by atoms with Crippen molar-refractivity contribution in [1.82, 2.24) is 4.98 Å². The number of carbonyl (C=O) groups excluding carboxylic acids is 1. The molecule has 114 valence electrons. The Morgan fingerprint density at radius 2 is 1.78 bits per heavy atom. The fourth-order valence-electron chi connectivity index (χ4n) is 3.55. The van der Waals surface area contributed by atoms with Gasteiger partial charge in [-0.15, -0.1) is 11.3 Å². The van der Waals surface area contributed by atoms with Crippen molar-refractivity contribution in [3.05, 3.63) is 54.1 Å². The summed E-state index contributed by atoms with van der Waals surface area (Å²) in [6.45, 7) is 0. The van der Waals surface area contributed by atoms with E-state index in [1.165, 1.54) is 4.70 Å². The van der Waals surface area contributed by atoms with E-state index in [9.17, 15) is 4.79 Å². The fraction of sp³-hybridized carbons (Fsp3) is 0.263. The monoisotopic (exact) mass is 320 g/mol. The van der Waals surface area contributed by atoms with Crippen LogP contribution in [0.1, 0.15) is 31.2 Å². The largest absolute Gasteiger partial charge is 0.236 e. The van der Waals surface area contributed by atoms with Gasteiger partial charge in [-0.1, -0.05) is 49.2 Å². The first kappa shape index (κ1) is 14.3. The van der Waals surface area contributed by atoms with E-state index in [0.717, 1.165) is 47.3 Å². The van der Waals surface area contributed by atoms with Crippen molar-refractivity contribution in [2.45, 2.75) is 31.2 Å². The summed E-state index contributed by atoms with van der Waals surface area (Å²) in [6, 6.07) is 16.4. The minimum atomic E-state index is -0.420. The first-order valence-electron chi connectivity index (χ1n) is 7.87. The van der Waals surface area contributed by atoms with Crippen molar-refractivity contribution in [3.63, 3.8) is 0 Å². The van der Waals surface area contributed by atoms with Gasteiger partial charge in [-0.2, -0.15) is 4.99 Å². The molecule has 23 heavy (non-hydrogen) atoms. The summed E-state index contributed by atoms with van der Waals surface area (Å²) in [5.41, 5.74) is 2.80. The normalized spacial score (nSPS) is 16.3. The molecule has 1 aliphatic carbocycles. The number of thiazole rings is 1. The van der Waals surface area contributed by atoms with Crippen LogP contribution in [0.15, 0.2) is 53.5 Å². The SMILES string of the molecule is O=C=NC1(c2ccccc2-c2nc3ccccc3s2)CCCC1. The molecule has 0 N–H and O–H groups in total. The Kier molecular flexibility index (Phi) is 3.56. The number of fused-ring (bicyclic) bond motifs is 1. The number of para-hydroxylation sites is 1. The predicted octanol–water partition coefficient (Wildman–Crippen LogP) is 5.07. The van der Waals surface area contributed by atoms with Crippen molar-refractivity contribution < 1.29 is 4.79 Å². The van der Waals surface area contributed by atoms with Crippen LogP contribution < -0.4 is 0 Å². The third kappa shape index (κ3) is 2.40. The highest BCUT2D eigenvalue weighted by Crippen LogP contribution is 2.46. The minimum absolute atomic E-state index is 0.420. The summed E-state index contributed by atoms with van der Waals surface area (Å²) in [5, 5.41) is 0.995. The highest BCUT2D eigenvalue weighted by atomic mass is 32.1. The molecule has 4 heteroatoms. The molecule has 0 unspecified atom stereocenters. The van der Waals surface area contributed by atoms with Crippen LogP contribution in [0.3, 0.4) is 0 Å². The Bertz CT molecular complexity index is 869. The first-order chi connectivity index (χ1) is 11.3. The van der Waals surface area contributed by atoms with Crippen LogP contribution in [0.2, 0.25) is 0 Å². The second-order valence-electron chi connectivity index (χ2n) is 5.97. The molecule has 1 aliphatic rings. The lowest BCUT2D eigenvalue weighted by Gasteiger charge is -2.25. The lowest BCUT2D eigenvalue weighted by Crippen LogP contribution is -2.20. The van der Waals surface area contributed by atoms with E-state index in [4.69, 9.17) is 4.98 Å².